The van der Waals surface area contributed by atoms with Gasteiger partial charge in [0.05, 0.1) is 9.79 Å². The normalized spacial score (nSPS) is 12.3. The van der Waals surface area contributed by atoms with Gasteiger partial charge in [0.2, 0.25) is 0 Å². The highest BCUT2D eigenvalue weighted by Crippen LogP contribution is 2.38. The predicted molar refractivity (Wildman–Crippen MR) is 137 cm³/mol. The van der Waals surface area contributed by atoms with Gasteiger partial charge in [-0.1, -0.05) is 69.2 Å². The summed E-state index contributed by atoms with van der Waals surface area (Å²) in [4.78, 5) is -1.15. The molecule has 8 heteroatoms. The summed E-state index contributed by atoms with van der Waals surface area (Å²) in [5, 5.41) is 0. The largest absolute Gasteiger partial charge is 0.294 e. The molecular weight excluding hydrogens is 484 g/mol. The third-order valence-corrected chi connectivity index (χ3v) is 8.07. The second-order valence-electron chi connectivity index (χ2n) is 8.95. The molecule has 0 amide bonds. The molecule has 0 aliphatic rings. The summed E-state index contributed by atoms with van der Waals surface area (Å²) >= 11 is 0. The summed E-state index contributed by atoms with van der Waals surface area (Å²) in [6.45, 7) is 8.22. The summed E-state index contributed by atoms with van der Waals surface area (Å²) in [6.07, 6.45) is 3.82. The first-order valence-corrected chi connectivity index (χ1v) is 14.5. The molecule has 0 saturated heterocycles. The standard InChI is InChI=1S/C27H32O6S2/c1-5-7-20-9-11-22(15-18(20)3)27(23-12-10-21(8-6-2)19(4)16-23)25-14-13-24(34(28,29)30)17-26(25)35(31,32)33/h9-17,27H,5-8H2,1-4H3,(H,28,29,30)(H,31,32,33). The highest BCUT2D eigenvalue weighted by Gasteiger charge is 2.28. The fraction of sp³-hybridized carbons (Fsp3) is 0.333. The minimum Gasteiger partial charge on any atom is -0.282 e. The zero-order valence-electron chi connectivity index (χ0n) is 20.4. The quantitative estimate of drug-likeness (QED) is 0.271. The molecule has 0 aromatic heterocycles. The van der Waals surface area contributed by atoms with Crippen LogP contribution in [-0.2, 0) is 33.1 Å². The lowest BCUT2D eigenvalue weighted by Crippen LogP contribution is -2.13. The lowest BCUT2D eigenvalue weighted by molar-refractivity contribution is 0.480. The monoisotopic (exact) mass is 516 g/mol. The number of aryl methyl sites for hydroxylation is 4. The Labute approximate surface area is 208 Å². The van der Waals surface area contributed by atoms with Crippen molar-refractivity contribution in [3.8, 4) is 0 Å². The molecule has 0 aliphatic heterocycles. The summed E-state index contributed by atoms with van der Waals surface area (Å²) in [7, 11) is -9.48. The van der Waals surface area contributed by atoms with Crippen molar-refractivity contribution in [2.75, 3.05) is 0 Å². The van der Waals surface area contributed by atoms with Gasteiger partial charge in [0, 0.05) is 5.92 Å². The van der Waals surface area contributed by atoms with Crippen molar-refractivity contribution in [1.82, 2.24) is 0 Å². The second kappa shape index (κ2) is 10.6. The molecule has 0 radical (unpaired) electrons. The topological polar surface area (TPSA) is 109 Å². The summed E-state index contributed by atoms with van der Waals surface area (Å²) in [6, 6.07) is 15.3. The van der Waals surface area contributed by atoms with Gasteiger partial charge in [-0.25, -0.2) is 0 Å². The van der Waals surface area contributed by atoms with Crippen molar-refractivity contribution in [3.05, 3.63) is 93.5 Å². The van der Waals surface area contributed by atoms with Gasteiger partial charge in [0.15, 0.2) is 0 Å². The lowest BCUT2D eigenvalue weighted by atomic mass is 9.82. The highest BCUT2D eigenvalue weighted by atomic mass is 32.2. The zero-order chi connectivity index (χ0) is 26.0. The van der Waals surface area contributed by atoms with Crippen molar-refractivity contribution in [2.45, 2.75) is 69.1 Å². The average Bonchev–Trinajstić information content (AvgIpc) is 2.76. The maximum atomic E-state index is 12.4. The molecule has 0 heterocycles. The molecule has 2 N–H and O–H groups in total. The minimum atomic E-state index is -4.81. The predicted octanol–water partition coefficient (Wildman–Crippen LogP) is 5.88. The molecule has 3 aromatic carbocycles. The lowest BCUT2D eigenvalue weighted by Gasteiger charge is -2.23. The highest BCUT2D eigenvalue weighted by molar-refractivity contribution is 7.86. The van der Waals surface area contributed by atoms with Crippen molar-refractivity contribution in [3.63, 3.8) is 0 Å². The molecule has 3 rings (SSSR count). The van der Waals surface area contributed by atoms with E-state index in [1.165, 1.54) is 17.2 Å². The van der Waals surface area contributed by atoms with E-state index in [1.807, 2.05) is 50.2 Å². The van der Waals surface area contributed by atoms with Gasteiger partial charge in [-0.05, 0) is 77.8 Å². The third-order valence-electron chi connectivity index (χ3n) is 6.31. The molecule has 0 atom stereocenters. The van der Waals surface area contributed by atoms with Crippen LogP contribution in [0, 0.1) is 13.8 Å². The molecule has 0 spiro atoms. The first-order valence-electron chi connectivity index (χ1n) is 11.6. The molecule has 0 fully saturated rings. The van der Waals surface area contributed by atoms with Crippen molar-refractivity contribution in [1.29, 1.82) is 0 Å². The van der Waals surface area contributed by atoms with E-state index in [4.69, 9.17) is 0 Å². The Balaban J connectivity index is 2.33. The Morgan fingerprint density at radius 2 is 1.17 bits per heavy atom. The van der Waals surface area contributed by atoms with Crippen LogP contribution in [0.4, 0.5) is 0 Å². The minimum absolute atomic E-state index is 0.227. The van der Waals surface area contributed by atoms with Crippen LogP contribution in [-0.4, -0.2) is 25.9 Å². The van der Waals surface area contributed by atoms with E-state index in [9.17, 15) is 25.9 Å². The average molecular weight is 517 g/mol. The Kier molecular flexibility index (Phi) is 8.21. The Morgan fingerprint density at radius 1 is 0.686 bits per heavy atom. The van der Waals surface area contributed by atoms with E-state index >= 15 is 0 Å². The SMILES string of the molecule is CCCc1ccc(C(c2ccc(CCC)c(C)c2)c2ccc(S(=O)(=O)O)cc2S(=O)(=O)O)cc1C. The Morgan fingerprint density at radius 3 is 1.54 bits per heavy atom. The van der Waals surface area contributed by atoms with Crippen molar-refractivity contribution in [2.24, 2.45) is 0 Å². The van der Waals surface area contributed by atoms with Crippen LogP contribution in [0.5, 0.6) is 0 Å². The van der Waals surface area contributed by atoms with Crippen LogP contribution in [0.15, 0.2) is 64.4 Å². The maximum absolute atomic E-state index is 12.4. The smallest absolute Gasteiger partial charge is 0.282 e. The molecule has 0 aliphatic carbocycles. The van der Waals surface area contributed by atoms with E-state index in [2.05, 4.69) is 13.8 Å². The van der Waals surface area contributed by atoms with Crippen LogP contribution < -0.4 is 0 Å². The van der Waals surface area contributed by atoms with E-state index in [0.717, 1.165) is 60.1 Å². The van der Waals surface area contributed by atoms with Crippen LogP contribution in [0.2, 0.25) is 0 Å². The molecule has 0 unspecified atom stereocenters. The van der Waals surface area contributed by atoms with E-state index in [0.29, 0.717) is 0 Å². The van der Waals surface area contributed by atoms with Gasteiger partial charge in [-0.15, -0.1) is 0 Å². The first kappa shape index (κ1) is 27.1. The van der Waals surface area contributed by atoms with Crippen LogP contribution in [0.1, 0.15) is 71.6 Å². The fourth-order valence-corrected chi connectivity index (χ4v) is 5.93. The van der Waals surface area contributed by atoms with Gasteiger partial charge >= 0.3 is 0 Å². The van der Waals surface area contributed by atoms with Gasteiger partial charge < -0.3 is 0 Å². The van der Waals surface area contributed by atoms with E-state index < -0.39 is 35.9 Å². The third kappa shape index (κ3) is 6.19. The zero-order valence-corrected chi connectivity index (χ0v) is 22.1. The summed E-state index contributed by atoms with van der Waals surface area (Å²) in [5.41, 5.74) is 6.38. The van der Waals surface area contributed by atoms with Gasteiger partial charge in [0.25, 0.3) is 20.2 Å². The number of hydrogen-bond acceptors (Lipinski definition) is 4. The number of benzene rings is 3. The molecular formula is C27H32O6S2. The Bertz CT molecular complexity index is 1380. The maximum Gasteiger partial charge on any atom is 0.294 e. The van der Waals surface area contributed by atoms with E-state index in [-0.39, 0.29) is 5.56 Å². The van der Waals surface area contributed by atoms with Crippen LogP contribution >= 0.6 is 0 Å². The van der Waals surface area contributed by atoms with E-state index in [1.54, 1.807) is 0 Å². The number of hydrogen-bond donors (Lipinski definition) is 2. The second-order valence-corrected chi connectivity index (χ2v) is 11.8. The van der Waals surface area contributed by atoms with Gasteiger partial charge in [-0.3, -0.25) is 9.11 Å². The molecule has 0 saturated carbocycles. The van der Waals surface area contributed by atoms with Crippen LogP contribution in [0.25, 0.3) is 0 Å². The summed E-state index contributed by atoms with van der Waals surface area (Å²) in [5.74, 6) is -0.592. The van der Waals surface area contributed by atoms with Crippen LogP contribution in [0.3, 0.4) is 0 Å². The Hall–Kier alpha value is -2.52. The molecule has 35 heavy (non-hydrogen) atoms. The fourth-order valence-electron chi connectivity index (χ4n) is 4.59. The molecule has 3 aromatic rings. The summed E-state index contributed by atoms with van der Waals surface area (Å²) < 4.78 is 67.7. The molecule has 188 valence electrons. The molecule has 0 bridgehead atoms. The molecule has 6 nitrogen and oxygen atoms in total. The van der Waals surface area contributed by atoms with Crippen molar-refractivity contribution < 1.29 is 25.9 Å². The van der Waals surface area contributed by atoms with Crippen molar-refractivity contribution >= 4 is 20.2 Å². The van der Waals surface area contributed by atoms with Gasteiger partial charge in [0.1, 0.15) is 0 Å². The number of rotatable bonds is 9. The van der Waals surface area contributed by atoms with Gasteiger partial charge in [-0.2, -0.15) is 16.8 Å². The first-order chi connectivity index (χ1) is 16.4.